The quantitative estimate of drug-likeness (QED) is 0.905. The lowest BCUT2D eigenvalue weighted by atomic mass is 10.2. The fraction of sp³-hybridized carbons (Fsp3) is 0.200. The third-order valence-corrected chi connectivity index (χ3v) is 3.33. The molecule has 0 aliphatic heterocycles. The highest BCUT2D eigenvalue weighted by Gasteiger charge is 1.99. The maximum absolute atomic E-state index is 5.24. The smallest absolute Gasteiger partial charge is 0.121 e. The number of benzene rings is 2. The molecular weight excluding hydrogens is 290 g/mol. The summed E-state index contributed by atoms with van der Waals surface area (Å²) in [5, 5.41) is 3.40. The van der Waals surface area contributed by atoms with E-state index in [1.165, 1.54) is 5.56 Å². The molecule has 0 saturated carbocycles. The highest BCUT2D eigenvalue weighted by Crippen LogP contribution is 2.22. The van der Waals surface area contributed by atoms with Crippen molar-refractivity contribution in [1.82, 2.24) is 0 Å². The summed E-state index contributed by atoms with van der Waals surface area (Å²) in [5.74, 6) is 0.921. The summed E-state index contributed by atoms with van der Waals surface area (Å²) in [7, 11) is 1.69. The Bertz CT molecular complexity index is 523. The molecule has 2 rings (SSSR count). The molecule has 3 heteroatoms. The van der Waals surface area contributed by atoms with Crippen LogP contribution < -0.4 is 10.1 Å². The van der Waals surface area contributed by atoms with Gasteiger partial charge in [-0.3, -0.25) is 0 Å². The van der Waals surface area contributed by atoms with Crippen molar-refractivity contribution < 1.29 is 4.74 Å². The van der Waals surface area contributed by atoms with Crippen molar-refractivity contribution in [3.05, 3.63) is 58.1 Å². The van der Waals surface area contributed by atoms with Crippen LogP contribution in [-0.2, 0) is 6.54 Å². The second kappa shape index (κ2) is 5.91. The first kappa shape index (κ1) is 13.0. The molecule has 0 radical (unpaired) electrons. The second-order valence-corrected chi connectivity index (χ2v) is 5.08. The molecule has 0 heterocycles. The lowest BCUT2D eigenvalue weighted by Gasteiger charge is -2.10. The predicted octanol–water partition coefficient (Wildman–Crippen LogP) is 4.38. The van der Waals surface area contributed by atoms with Gasteiger partial charge in [0.05, 0.1) is 7.11 Å². The first-order valence-electron chi connectivity index (χ1n) is 5.82. The topological polar surface area (TPSA) is 21.3 Å². The van der Waals surface area contributed by atoms with Gasteiger partial charge >= 0.3 is 0 Å². The summed E-state index contributed by atoms with van der Waals surface area (Å²) in [4.78, 5) is 0. The molecule has 94 valence electrons. The molecule has 0 amide bonds. The van der Waals surface area contributed by atoms with Gasteiger partial charge in [0.1, 0.15) is 5.75 Å². The van der Waals surface area contributed by atoms with Crippen molar-refractivity contribution in [3.63, 3.8) is 0 Å². The Morgan fingerprint density at radius 3 is 2.44 bits per heavy atom. The van der Waals surface area contributed by atoms with Gasteiger partial charge in [-0.1, -0.05) is 28.1 Å². The van der Waals surface area contributed by atoms with Gasteiger partial charge in [0.15, 0.2) is 0 Å². The van der Waals surface area contributed by atoms with Crippen molar-refractivity contribution in [2.24, 2.45) is 0 Å². The van der Waals surface area contributed by atoms with Crippen molar-refractivity contribution in [3.8, 4) is 5.75 Å². The lowest BCUT2D eigenvalue weighted by molar-refractivity contribution is 0.412. The van der Waals surface area contributed by atoms with Crippen molar-refractivity contribution in [2.45, 2.75) is 13.5 Å². The average molecular weight is 306 g/mol. The Hall–Kier alpha value is -1.48. The Morgan fingerprint density at radius 2 is 1.83 bits per heavy atom. The molecule has 0 fully saturated rings. The number of methoxy groups -OCH3 is 1. The molecular formula is C15H16BrNO. The molecule has 0 saturated heterocycles. The molecule has 0 bridgehead atoms. The maximum Gasteiger partial charge on any atom is 0.121 e. The number of halogens is 1. The monoisotopic (exact) mass is 305 g/mol. The Morgan fingerprint density at radius 1 is 1.11 bits per heavy atom. The summed E-state index contributed by atoms with van der Waals surface area (Å²) in [5.41, 5.74) is 3.50. The van der Waals surface area contributed by atoms with E-state index >= 15 is 0 Å². The van der Waals surface area contributed by atoms with Crippen LogP contribution in [0.2, 0.25) is 0 Å². The van der Waals surface area contributed by atoms with Gasteiger partial charge < -0.3 is 10.1 Å². The first-order valence-corrected chi connectivity index (χ1v) is 6.61. The molecule has 0 aromatic heterocycles. The van der Waals surface area contributed by atoms with Gasteiger partial charge in [-0.2, -0.15) is 0 Å². The molecule has 2 aromatic carbocycles. The van der Waals surface area contributed by atoms with Gasteiger partial charge in [0.25, 0.3) is 0 Å². The van der Waals surface area contributed by atoms with Crippen LogP contribution >= 0.6 is 15.9 Å². The zero-order valence-corrected chi connectivity index (χ0v) is 12.1. The molecule has 0 aliphatic rings. The van der Waals surface area contributed by atoms with Crippen LogP contribution in [0.25, 0.3) is 0 Å². The molecule has 0 aliphatic carbocycles. The molecule has 0 unspecified atom stereocenters. The summed E-state index contributed by atoms with van der Waals surface area (Å²) in [6.07, 6.45) is 0. The predicted molar refractivity (Wildman–Crippen MR) is 79.2 cm³/mol. The number of aryl methyl sites for hydroxylation is 1. The van der Waals surface area contributed by atoms with E-state index in [2.05, 4.69) is 51.6 Å². The number of ether oxygens (including phenoxy) is 1. The minimum atomic E-state index is 0.819. The van der Waals surface area contributed by atoms with Gasteiger partial charge in [-0.05, 0) is 48.4 Å². The number of anilines is 1. The van der Waals surface area contributed by atoms with E-state index < -0.39 is 0 Å². The van der Waals surface area contributed by atoms with Gasteiger partial charge in [0, 0.05) is 16.7 Å². The fourth-order valence-corrected chi connectivity index (χ4v) is 2.06. The minimum Gasteiger partial charge on any atom is -0.496 e. The Balaban J connectivity index is 2.02. The van der Waals surface area contributed by atoms with Crippen LogP contribution in [0, 0.1) is 6.92 Å². The SMILES string of the molecule is COc1ccc(NCc2ccc(Br)cc2)cc1C. The third kappa shape index (κ3) is 3.26. The van der Waals surface area contributed by atoms with Crippen LogP contribution in [-0.4, -0.2) is 7.11 Å². The molecule has 2 aromatic rings. The van der Waals surface area contributed by atoms with Crippen molar-refractivity contribution >= 4 is 21.6 Å². The van der Waals surface area contributed by atoms with E-state index in [-0.39, 0.29) is 0 Å². The molecule has 2 nitrogen and oxygen atoms in total. The van der Waals surface area contributed by atoms with Crippen LogP contribution in [0.15, 0.2) is 46.9 Å². The normalized spacial score (nSPS) is 10.2. The summed E-state index contributed by atoms with van der Waals surface area (Å²) in [6.45, 7) is 2.86. The average Bonchev–Trinajstić information content (AvgIpc) is 2.38. The Kier molecular flexibility index (Phi) is 4.26. The van der Waals surface area contributed by atoms with Gasteiger partial charge in [0.2, 0.25) is 0 Å². The molecule has 0 atom stereocenters. The number of rotatable bonds is 4. The van der Waals surface area contributed by atoms with Crippen LogP contribution in [0.4, 0.5) is 5.69 Å². The maximum atomic E-state index is 5.24. The highest BCUT2D eigenvalue weighted by molar-refractivity contribution is 9.10. The zero-order valence-electron chi connectivity index (χ0n) is 10.5. The van der Waals surface area contributed by atoms with Gasteiger partial charge in [-0.15, -0.1) is 0 Å². The number of nitrogens with one attached hydrogen (secondary N) is 1. The first-order chi connectivity index (χ1) is 8.69. The molecule has 0 spiro atoms. The van der Waals surface area contributed by atoms with E-state index in [1.54, 1.807) is 7.11 Å². The highest BCUT2D eigenvalue weighted by atomic mass is 79.9. The third-order valence-electron chi connectivity index (χ3n) is 2.80. The minimum absolute atomic E-state index is 0.819. The van der Waals surface area contributed by atoms with E-state index in [0.29, 0.717) is 0 Å². The lowest BCUT2D eigenvalue weighted by Crippen LogP contribution is -1.99. The van der Waals surface area contributed by atoms with Crippen LogP contribution in [0.3, 0.4) is 0 Å². The second-order valence-electron chi connectivity index (χ2n) is 4.16. The largest absolute Gasteiger partial charge is 0.496 e. The zero-order chi connectivity index (χ0) is 13.0. The van der Waals surface area contributed by atoms with Crippen molar-refractivity contribution in [1.29, 1.82) is 0 Å². The number of hydrogen-bond acceptors (Lipinski definition) is 2. The van der Waals surface area contributed by atoms with Crippen LogP contribution in [0.5, 0.6) is 5.75 Å². The standard InChI is InChI=1S/C15H16BrNO/c1-11-9-14(7-8-15(11)18-2)17-10-12-3-5-13(16)6-4-12/h3-9,17H,10H2,1-2H3. The summed E-state index contributed by atoms with van der Waals surface area (Å²) >= 11 is 3.43. The Labute approximate surface area is 116 Å². The van der Waals surface area contributed by atoms with Crippen molar-refractivity contribution in [2.75, 3.05) is 12.4 Å². The van der Waals surface area contributed by atoms with E-state index in [1.807, 2.05) is 19.1 Å². The molecule has 1 N–H and O–H groups in total. The van der Waals surface area contributed by atoms with Gasteiger partial charge in [-0.25, -0.2) is 0 Å². The van der Waals surface area contributed by atoms with E-state index in [9.17, 15) is 0 Å². The van der Waals surface area contributed by atoms with E-state index in [4.69, 9.17) is 4.74 Å². The molecule has 18 heavy (non-hydrogen) atoms. The number of hydrogen-bond donors (Lipinski definition) is 1. The fourth-order valence-electron chi connectivity index (χ4n) is 1.79. The van der Waals surface area contributed by atoms with Crippen LogP contribution in [0.1, 0.15) is 11.1 Å². The summed E-state index contributed by atoms with van der Waals surface area (Å²) < 4.78 is 6.35. The summed E-state index contributed by atoms with van der Waals surface area (Å²) in [6, 6.07) is 14.4. The van der Waals surface area contributed by atoms with E-state index in [0.717, 1.165) is 28.0 Å².